The molecule has 0 aromatic heterocycles. The number of rotatable bonds is 3. The van der Waals surface area contributed by atoms with Gasteiger partial charge in [-0.15, -0.1) is 0 Å². The molecule has 7 rings (SSSR count). The van der Waals surface area contributed by atoms with Gasteiger partial charge in [-0.25, -0.2) is 0 Å². The smallest absolute Gasteiger partial charge is 0.231 e. The number of hydrogen-bond donors (Lipinski definition) is 2. The number of nitrogens with one attached hydrogen (secondary N) is 1. The van der Waals surface area contributed by atoms with E-state index in [0.29, 0.717) is 23.1 Å². The van der Waals surface area contributed by atoms with Crippen molar-refractivity contribution < 1.29 is 24.3 Å². The number of amides is 2. The highest BCUT2D eigenvalue weighted by Crippen LogP contribution is 2.63. The number of hydrogen-bond acceptors (Lipinski definition) is 5. The van der Waals surface area contributed by atoms with Gasteiger partial charge in [0.15, 0.2) is 11.6 Å². The fraction of sp³-hybridized carbons (Fsp3) is 0.257. The standard InChI is InChI=1S/C35H29NO5/c1-19-16-21(12-15-28(19)37)31-23-13-14-24-30(34(41)36-33(24)40)26(23)17-27-32(39)25(20-8-4-2-5-9-20)18-29(38)35(27,31)22-10-6-3-7-11-22/h2-13,15-16,18,24,26-27,30-31,37H,14,17H2,1H3,(H,36,40,41)/t24-,26+,27-,30-,31-,35-/m0/s1. The van der Waals surface area contributed by atoms with E-state index in [1.807, 2.05) is 78.9 Å². The number of allylic oxidation sites excluding steroid dienone is 4. The molecule has 0 spiro atoms. The molecule has 6 heteroatoms. The number of imide groups is 1. The maximum Gasteiger partial charge on any atom is 0.231 e. The molecule has 41 heavy (non-hydrogen) atoms. The largest absolute Gasteiger partial charge is 0.508 e. The summed E-state index contributed by atoms with van der Waals surface area (Å²) in [6.45, 7) is 1.81. The van der Waals surface area contributed by atoms with Gasteiger partial charge in [-0.05, 0) is 60.1 Å². The molecule has 0 radical (unpaired) electrons. The Labute approximate surface area is 237 Å². The van der Waals surface area contributed by atoms with Crippen LogP contribution >= 0.6 is 0 Å². The lowest BCUT2D eigenvalue weighted by atomic mass is 9.44. The van der Waals surface area contributed by atoms with E-state index in [2.05, 4.69) is 5.32 Å². The van der Waals surface area contributed by atoms with Crippen LogP contribution in [-0.2, 0) is 24.6 Å². The first-order chi connectivity index (χ1) is 19.8. The van der Waals surface area contributed by atoms with Crippen molar-refractivity contribution in [2.45, 2.75) is 31.1 Å². The predicted molar refractivity (Wildman–Crippen MR) is 153 cm³/mol. The molecule has 1 heterocycles. The Kier molecular flexibility index (Phi) is 5.72. The first kappa shape index (κ1) is 25.4. The Bertz CT molecular complexity index is 1690. The van der Waals surface area contributed by atoms with Gasteiger partial charge in [0.05, 0.1) is 17.3 Å². The molecule has 1 saturated heterocycles. The molecule has 2 N–H and O–H groups in total. The Morgan fingerprint density at radius 3 is 2.27 bits per heavy atom. The van der Waals surface area contributed by atoms with Gasteiger partial charge in [0.25, 0.3) is 0 Å². The minimum Gasteiger partial charge on any atom is -0.508 e. The molecule has 3 aromatic carbocycles. The maximum atomic E-state index is 14.8. The number of fused-ring (bicyclic) bond motifs is 4. The average Bonchev–Trinajstić information content (AvgIpc) is 3.29. The summed E-state index contributed by atoms with van der Waals surface area (Å²) in [6, 6.07) is 24.0. The van der Waals surface area contributed by atoms with Gasteiger partial charge in [0, 0.05) is 17.4 Å². The molecular weight excluding hydrogens is 514 g/mol. The van der Waals surface area contributed by atoms with Gasteiger partial charge in [-0.2, -0.15) is 0 Å². The van der Waals surface area contributed by atoms with Crippen LogP contribution in [0.4, 0.5) is 0 Å². The van der Waals surface area contributed by atoms with Crippen molar-refractivity contribution in [3.8, 4) is 5.75 Å². The second-order valence-electron chi connectivity index (χ2n) is 11.7. The van der Waals surface area contributed by atoms with Gasteiger partial charge < -0.3 is 5.11 Å². The van der Waals surface area contributed by atoms with Crippen molar-refractivity contribution >= 4 is 29.0 Å². The van der Waals surface area contributed by atoms with Gasteiger partial charge in [0.2, 0.25) is 11.8 Å². The highest BCUT2D eigenvalue weighted by atomic mass is 16.3. The van der Waals surface area contributed by atoms with E-state index in [0.717, 1.165) is 16.7 Å². The van der Waals surface area contributed by atoms with E-state index in [4.69, 9.17) is 0 Å². The molecule has 0 unspecified atom stereocenters. The third kappa shape index (κ3) is 3.56. The number of aromatic hydroxyl groups is 1. The number of carbonyl (C=O) groups is 4. The van der Waals surface area contributed by atoms with Gasteiger partial charge >= 0.3 is 0 Å². The van der Waals surface area contributed by atoms with E-state index in [1.54, 1.807) is 13.0 Å². The van der Waals surface area contributed by atoms with Crippen LogP contribution in [-0.4, -0.2) is 28.5 Å². The third-order valence-electron chi connectivity index (χ3n) is 9.77. The number of aryl methyl sites for hydroxylation is 1. The zero-order valence-corrected chi connectivity index (χ0v) is 22.5. The lowest BCUT2D eigenvalue weighted by molar-refractivity contribution is -0.135. The molecule has 0 bridgehead atoms. The predicted octanol–water partition coefficient (Wildman–Crippen LogP) is 4.81. The lowest BCUT2D eigenvalue weighted by Gasteiger charge is -2.55. The third-order valence-corrected chi connectivity index (χ3v) is 9.77. The number of benzene rings is 3. The fourth-order valence-electron chi connectivity index (χ4n) is 8.02. The number of phenols is 1. The molecule has 2 amide bonds. The number of ketones is 2. The molecule has 3 aromatic rings. The summed E-state index contributed by atoms with van der Waals surface area (Å²) in [7, 11) is 0. The monoisotopic (exact) mass is 543 g/mol. The summed E-state index contributed by atoms with van der Waals surface area (Å²) >= 11 is 0. The lowest BCUT2D eigenvalue weighted by Crippen LogP contribution is -2.58. The first-order valence-corrected chi connectivity index (χ1v) is 14.1. The molecule has 4 aliphatic rings. The summed E-state index contributed by atoms with van der Waals surface area (Å²) in [6.07, 6.45) is 4.22. The highest BCUT2D eigenvalue weighted by molar-refractivity contribution is 6.31. The Morgan fingerprint density at radius 2 is 1.56 bits per heavy atom. The van der Waals surface area contributed by atoms with Crippen molar-refractivity contribution in [1.82, 2.24) is 5.32 Å². The normalized spacial score (nSPS) is 30.5. The van der Waals surface area contributed by atoms with Crippen LogP contribution < -0.4 is 5.32 Å². The minimum absolute atomic E-state index is 0.133. The van der Waals surface area contributed by atoms with Crippen LogP contribution in [0.3, 0.4) is 0 Å². The van der Waals surface area contributed by atoms with E-state index >= 15 is 0 Å². The summed E-state index contributed by atoms with van der Waals surface area (Å²) < 4.78 is 0. The average molecular weight is 544 g/mol. The minimum atomic E-state index is -1.26. The van der Waals surface area contributed by atoms with Crippen molar-refractivity contribution in [3.63, 3.8) is 0 Å². The van der Waals surface area contributed by atoms with E-state index < -0.39 is 29.1 Å². The van der Waals surface area contributed by atoms with Crippen molar-refractivity contribution in [2.24, 2.45) is 23.7 Å². The van der Waals surface area contributed by atoms with E-state index in [1.165, 1.54) is 6.08 Å². The van der Waals surface area contributed by atoms with Crippen LogP contribution in [0, 0.1) is 30.6 Å². The number of carbonyl (C=O) groups excluding carboxylic acids is 4. The molecule has 6 nitrogen and oxygen atoms in total. The van der Waals surface area contributed by atoms with Crippen molar-refractivity contribution in [3.05, 3.63) is 119 Å². The molecule has 3 aliphatic carbocycles. The Balaban J connectivity index is 1.53. The fourth-order valence-corrected chi connectivity index (χ4v) is 8.02. The van der Waals surface area contributed by atoms with Crippen molar-refractivity contribution in [2.75, 3.05) is 0 Å². The van der Waals surface area contributed by atoms with Crippen LogP contribution in [0.5, 0.6) is 5.75 Å². The highest BCUT2D eigenvalue weighted by Gasteiger charge is 2.65. The van der Waals surface area contributed by atoms with Crippen LogP contribution in [0.15, 0.2) is 96.6 Å². The Hall–Kier alpha value is -4.58. The van der Waals surface area contributed by atoms with Crippen molar-refractivity contribution in [1.29, 1.82) is 0 Å². The zero-order valence-electron chi connectivity index (χ0n) is 22.5. The molecule has 1 saturated carbocycles. The van der Waals surface area contributed by atoms with Gasteiger partial charge in [-0.1, -0.05) is 84.4 Å². The maximum absolute atomic E-state index is 14.8. The second-order valence-corrected chi connectivity index (χ2v) is 11.7. The summed E-state index contributed by atoms with van der Waals surface area (Å²) in [5, 5.41) is 12.9. The second kappa shape index (κ2) is 9.23. The van der Waals surface area contributed by atoms with Gasteiger partial charge in [0.1, 0.15) is 5.75 Å². The number of Topliss-reactive ketones (excluding diaryl/α,β-unsaturated/α-hetero) is 1. The van der Waals surface area contributed by atoms with Gasteiger partial charge in [-0.3, -0.25) is 24.5 Å². The van der Waals surface area contributed by atoms with Crippen LogP contribution in [0.25, 0.3) is 5.57 Å². The topological polar surface area (TPSA) is 101 Å². The van der Waals surface area contributed by atoms with E-state index in [9.17, 15) is 24.3 Å². The molecular formula is C35H29NO5. The molecule has 204 valence electrons. The van der Waals surface area contributed by atoms with E-state index in [-0.39, 0.29) is 41.5 Å². The number of phenolic OH excluding ortho intramolecular Hbond substituents is 1. The summed E-state index contributed by atoms with van der Waals surface area (Å²) in [4.78, 5) is 55.4. The Morgan fingerprint density at radius 1 is 0.854 bits per heavy atom. The first-order valence-electron chi connectivity index (χ1n) is 14.1. The molecule has 6 atom stereocenters. The zero-order chi connectivity index (χ0) is 28.5. The summed E-state index contributed by atoms with van der Waals surface area (Å²) in [5.74, 6) is -3.52. The van der Waals surface area contributed by atoms with Crippen LogP contribution in [0.1, 0.15) is 41.0 Å². The van der Waals surface area contributed by atoms with Crippen LogP contribution in [0.2, 0.25) is 0 Å². The quantitative estimate of drug-likeness (QED) is 0.365. The summed E-state index contributed by atoms with van der Waals surface area (Å²) in [5.41, 5.74) is 2.91. The molecule has 1 aliphatic heterocycles. The molecule has 2 fully saturated rings. The SMILES string of the molecule is Cc1cc([C@H]2C3=CC[C@@H]4C(=O)NC(=O)[C@@H]4[C@@H]3C[C@H]3C(=O)C(c4ccccc4)=CC(=O)[C@@]23c2ccccc2)ccc1O.